The highest BCUT2D eigenvalue weighted by molar-refractivity contribution is 5.27. The average molecular weight is 306 g/mol. The highest BCUT2D eigenvalue weighted by Crippen LogP contribution is 2.30. The van der Waals surface area contributed by atoms with Gasteiger partial charge < -0.3 is 14.6 Å². The molecule has 1 aromatic carbocycles. The molecule has 120 valence electrons. The summed E-state index contributed by atoms with van der Waals surface area (Å²) in [6.07, 6.45) is -5.50. The molecule has 0 bridgehead atoms. The lowest BCUT2D eigenvalue weighted by atomic mass is 10.1. The number of benzene rings is 1. The summed E-state index contributed by atoms with van der Waals surface area (Å²) in [7, 11) is 0. The van der Waals surface area contributed by atoms with Gasteiger partial charge >= 0.3 is 6.18 Å². The van der Waals surface area contributed by atoms with Gasteiger partial charge in [-0.25, -0.2) is 0 Å². The quantitative estimate of drug-likeness (QED) is 0.748. The van der Waals surface area contributed by atoms with E-state index in [1.165, 1.54) is 12.1 Å². The summed E-state index contributed by atoms with van der Waals surface area (Å²) in [6, 6.07) is 4.62. The lowest BCUT2D eigenvalue weighted by Crippen LogP contribution is -2.13. The van der Waals surface area contributed by atoms with Crippen molar-refractivity contribution in [3.8, 4) is 0 Å². The monoisotopic (exact) mass is 306 g/mol. The Balaban J connectivity index is 2.37. The van der Waals surface area contributed by atoms with E-state index < -0.39 is 17.8 Å². The number of halogens is 3. The maximum absolute atomic E-state index is 12.6. The first-order valence-electron chi connectivity index (χ1n) is 6.81. The molecule has 0 heterocycles. The van der Waals surface area contributed by atoms with Crippen molar-refractivity contribution in [2.24, 2.45) is 5.92 Å². The molecule has 1 atom stereocenters. The van der Waals surface area contributed by atoms with Crippen LogP contribution in [0.25, 0.3) is 0 Å². The maximum atomic E-state index is 12.6. The van der Waals surface area contributed by atoms with Gasteiger partial charge in [-0.1, -0.05) is 26.0 Å². The normalized spacial score (nSPS) is 13.7. The van der Waals surface area contributed by atoms with E-state index in [0.29, 0.717) is 25.7 Å². The lowest BCUT2D eigenvalue weighted by molar-refractivity contribution is -0.137. The zero-order valence-corrected chi connectivity index (χ0v) is 12.2. The van der Waals surface area contributed by atoms with E-state index in [1.807, 2.05) is 13.8 Å². The minimum atomic E-state index is -4.42. The third-order valence-electron chi connectivity index (χ3n) is 2.70. The van der Waals surface area contributed by atoms with Crippen molar-refractivity contribution in [1.29, 1.82) is 0 Å². The molecule has 0 radical (unpaired) electrons. The second-order valence-corrected chi connectivity index (χ2v) is 5.18. The summed E-state index contributed by atoms with van der Waals surface area (Å²) < 4.78 is 48.2. The van der Waals surface area contributed by atoms with Crippen LogP contribution in [0.2, 0.25) is 0 Å². The first-order valence-corrected chi connectivity index (χ1v) is 6.81. The highest BCUT2D eigenvalue weighted by atomic mass is 19.4. The fourth-order valence-electron chi connectivity index (χ4n) is 1.65. The predicted molar refractivity (Wildman–Crippen MR) is 72.9 cm³/mol. The van der Waals surface area contributed by atoms with Gasteiger partial charge in [-0.2, -0.15) is 13.2 Å². The van der Waals surface area contributed by atoms with Crippen molar-refractivity contribution in [1.82, 2.24) is 0 Å². The Morgan fingerprint density at radius 2 is 1.71 bits per heavy atom. The van der Waals surface area contributed by atoms with Crippen molar-refractivity contribution < 1.29 is 27.8 Å². The molecule has 1 unspecified atom stereocenters. The van der Waals surface area contributed by atoms with Gasteiger partial charge in [-0.3, -0.25) is 0 Å². The Hall–Kier alpha value is -1.11. The zero-order valence-electron chi connectivity index (χ0n) is 12.2. The first kappa shape index (κ1) is 17.9. The van der Waals surface area contributed by atoms with Crippen LogP contribution in [0.3, 0.4) is 0 Å². The van der Waals surface area contributed by atoms with Crippen LogP contribution in [0.15, 0.2) is 24.3 Å². The molecule has 0 aromatic heterocycles. The van der Waals surface area contributed by atoms with Crippen LogP contribution in [0, 0.1) is 5.92 Å². The molecule has 0 aliphatic heterocycles. The number of hydrogen-bond donors (Lipinski definition) is 1. The fourth-order valence-corrected chi connectivity index (χ4v) is 1.65. The van der Waals surface area contributed by atoms with E-state index in [9.17, 15) is 18.3 Å². The Kier molecular flexibility index (Phi) is 7.14. The van der Waals surface area contributed by atoms with Gasteiger partial charge in [0.25, 0.3) is 0 Å². The fraction of sp³-hybridized carbons (Fsp3) is 0.600. The molecule has 0 saturated carbocycles. The van der Waals surface area contributed by atoms with Crippen molar-refractivity contribution in [3.05, 3.63) is 35.4 Å². The van der Waals surface area contributed by atoms with Crippen LogP contribution >= 0.6 is 0 Å². The van der Waals surface area contributed by atoms with Gasteiger partial charge in [-0.15, -0.1) is 0 Å². The summed E-state index contributed by atoms with van der Waals surface area (Å²) in [6.45, 7) is 5.30. The molecule has 0 aliphatic rings. The van der Waals surface area contributed by atoms with E-state index in [-0.39, 0.29) is 12.2 Å². The van der Waals surface area contributed by atoms with Crippen LogP contribution < -0.4 is 0 Å². The van der Waals surface area contributed by atoms with Crippen molar-refractivity contribution >= 4 is 0 Å². The number of aliphatic hydroxyl groups is 1. The molecule has 0 amide bonds. The second-order valence-electron chi connectivity index (χ2n) is 5.18. The van der Waals surface area contributed by atoms with E-state index in [0.717, 1.165) is 12.1 Å². The molecule has 1 N–H and O–H groups in total. The molecule has 6 heteroatoms. The van der Waals surface area contributed by atoms with Crippen molar-refractivity contribution in [2.45, 2.75) is 26.1 Å². The van der Waals surface area contributed by atoms with Crippen LogP contribution in [0.1, 0.15) is 31.1 Å². The van der Waals surface area contributed by atoms with Crippen LogP contribution in [-0.2, 0) is 15.7 Å². The number of hydrogen-bond acceptors (Lipinski definition) is 3. The zero-order chi connectivity index (χ0) is 15.9. The Labute approximate surface area is 122 Å². The smallest absolute Gasteiger partial charge is 0.386 e. The summed E-state index contributed by atoms with van der Waals surface area (Å²) >= 11 is 0. The van der Waals surface area contributed by atoms with Gasteiger partial charge in [0.1, 0.15) is 6.10 Å². The molecule has 0 saturated heterocycles. The molecular weight excluding hydrogens is 285 g/mol. The number of rotatable bonds is 8. The molecule has 1 aromatic rings. The van der Waals surface area contributed by atoms with E-state index in [1.54, 1.807) is 0 Å². The van der Waals surface area contributed by atoms with Gasteiger partial charge in [0, 0.05) is 6.61 Å². The van der Waals surface area contributed by atoms with Crippen molar-refractivity contribution in [2.75, 3.05) is 26.4 Å². The third-order valence-corrected chi connectivity index (χ3v) is 2.70. The minimum Gasteiger partial charge on any atom is -0.386 e. The number of alkyl halides is 3. The van der Waals surface area contributed by atoms with Gasteiger partial charge in [0.15, 0.2) is 0 Å². The standard InChI is InChI=1S/C15H21F3O3/c1-11(2)9-20-6-7-21-10-14(19)12-4-3-5-13(8-12)15(16,17)18/h3-5,8,11,14,19H,6-7,9-10H2,1-2H3. The van der Waals surface area contributed by atoms with Crippen LogP contribution in [0.4, 0.5) is 13.2 Å². The van der Waals surface area contributed by atoms with E-state index in [4.69, 9.17) is 9.47 Å². The maximum Gasteiger partial charge on any atom is 0.416 e. The molecule has 0 spiro atoms. The molecule has 0 fully saturated rings. The number of ether oxygens (including phenoxy) is 2. The Morgan fingerprint density at radius 1 is 1.10 bits per heavy atom. The Bertz CT molecular complexity index is 419. The molecule has 0 aliphatic carbocycles. The summed E-state index contributed by atoms with van der Waals surface area (Å²) in [5.74, 6) is 0.431. The van der Waals surface area contributed by atoms with Crippen LogP contribution in [-0.4, -0.2) is 31.5 Å². The van der Waals surface area contributed by atoms with Gasteiger partial charge in [0.2, 0.25) is 0 Å². The molecule has 1 rings (SSSR count). The molecule has 3 nitrogen and oxygen atoms in total. The SMILES string of the molecule is CC(C)COCCOCC(O)c1cccc(C(F)(F)F)c1. The largest absolute Gasteiger partial charge is 0.416 e. The number of aliphatic hydroxyl groups excluding tert-OH is 1. The predicted octanol–water partition coefficient (Wildman–Crippen LogP) is 3.43. The van der Waals surface area contributed by atoms with E-state index >= 15 is 0 Å². The highest BCUT2D eigenvalue weighted by Gasteiger charge is 2.30. The molecule has 21 heavy (non-hydrogen) atoms. The summed E-state index contributed by atoms with van der Waals surface area (Å²) in [5.41, 5.74) is -0.591. The molecular formula is C15H21F3O3. The topological polar surface area (TPSA) is 38.7 Å². The summed E-state index contributed by atoms with van der Waals surface area (Å²) in [4.78, 5) is 0. The lowest BCUT2D eigenvalue weighted by Gasteiger charge is -2.14. The van der Waals surface area contributed by atoms with Gasteiger partial charge in [0.05, 0.1) is 25.4 Å². The van der Waals surface area contributed by atoms with Gasteiger partial charge in [-0.05, 0) is 23.6 Å². The third kappa shape index (κ3) is 6.93. The minimum absolute atomic E-state index is 0.0631. The van der Waals surface area contributed by atoms with Crippen molar-refractivity contribution in [3.63, 3.8) is 0 Å². The average Bonchev–Trinajstić information content (AvgIpc) is 2.41. The van der Waals surface area contributed by atoms with Crippen LogP contribution in [0.5, 0.6) is 0 Å². The first-order chi connectivity index (χ1) is 9.80. The summed E-state index contributed by atoms with van der Waals surface area (Å²) in [5, 5.41) is 9.82. The Morgan fingerprint density at radius 3 is 2.29 bits per heavy atom. The second kappa shape index (κ2) is 8.36. The van der Waals surface area contributed by atoms with E-state index in [2.05, 4.69) is 0 Å².